The number of carbonyl (C=O) groups excluding carboxylic acids is 1. The summed E-state index contributed by atoms with van der Waals surface area (Å²) in [6.07, 6.45) is -0.0940. The molecule has 4 rings (SSSR count). The number of methoxy groups -OCH3 is 1. The van der Waals surface area contributed by atoms with E-state index in [4.69, 9.17) is 25.5 Å². The second kappa shape index (κ2) is 9.73. The molecule has 0 unspecified atom stereocenters. The number of amides is 1. The molecule has 8 heteroatoms. The first-order chi connectivity index (χ1) is 15.4. The predicted octanol–water partition coefficient (Wildman–Crippen LogP) is 3.78. The summed E-state index contributed by atoms with van der Waals surface area (Å²) in [5.41, 5.74) is 2.64. The smallest absolute Gasteiger partial charge is 0.340 e. The standard InChI is InChI=1S/C24H25ClN2O5/c1-15-18-11-20(25)22(30-2)13-21(18)32-24(29)19(15)12-23(28)26-17-5-3-16(4-6-17)14-27-7-9-31-10-8-27/h3-6,11,13H,7-10,12,14H2,1-2H3,(H,26,28). The number of nitrogens with one attached hydrogen (secondary N) is 1. The van der Waals surface area contributed by atoms with E-state index in [1.165, 1.54) is 12.7 Å². The van der Waals surface area contributed by atoms with Crippen molar-refractivity contribution in [3.63, 3.8) is 0 Å². The van der Waals surface area contributed by atoms with Gasteiger partial charge in [0.15, 0.2) is 0 Å². The van der Waals surface area contributed by atoms with Crippen LogP contribution in [0, 0.1) is 6.92 Å². The third kappa shape index (κ3) is 4.96. The van der Waals surface area contributed by atoms with Crippen LogP contribution in [0.5, 0.6) is 5.75 Å². The van der Waals surface area contributed by atoms with E-state index in [2.05, 4.69) is 10.2 Å². The zero-order chi connectivity index (χ0) is 22.7. The molecule has 1 aromatic heterocycles. The normalized spacial score (nSPS) is 14.5. The van der Waals surface area contributed by atoms with Crippen molar-refractivity contribution in [1.82, 2.24) is 4.90 Å². The highest BCUT2D eigenvalue weighted by Gasteiger charge is 2.17. The van der Waals surface area contributed by atoms with Gasteiger partial charge in [-0.2, -0.15) is 0 Å². The van der Waals surface area contributed by atoms with Gasteiger partial charge >= 0.3 is 5.63 Å². The summed E-state index contributed by atoms with van der Waals surface area (Å²) in [6, 6.07) is 11.0. The van der Waals surface area contributed by atoms with E-state index in [-0.39, 0.29) is 12.3 Å². The van der Waals surface area contributed by atoms with Crippen LogP contribution in [0.1, 0.15) is 16.7 Å². The van der Waals surface area contributed by atoms with Crippen molar-refractivity contribution in [3.8, 4) is 5.75 Å². The monoisotopic (exact) mass is 456 g/mol. The Labute approximate surface area is 190 Å². The molecule has 0 atom stereocenters. The first-order valence-electron chi connectivity index (χ1n) is 10.4. The summed E-state index contributed by atoms with van der Waals surface area (Å²) in [6.45, 7) is 5.99. The van der Waals surface area contributed by atoms with Crippen molar-refractivity contribution in [3.05, 3.63) is 68.5 Å². The Kier molecular flexibility index (Phi) is 6.79. The van der Waals surface area contributed by atoms with Crippen LogP contribution in [0.15, 0.2) is 45.6 Å². The fourth-order valence-corrected chi connectivity index (χ4v) is 4.07. The highest BCUT2D eigenvalue weighted by molar-refractivity contribution is 6.32. The number of benzene rings is 2. The fourth-order valence-electron chi connectivity index (χ4n) is 3.83. The molecular weight excluding hydrogens is 432 g/mol. The van der Waals surface area contributed by atoms with Crippen LogP contribution < -0.4 is 15.7 Å². The van der Waals surface area contributed by atoms with Gasteiger partial charge in [-0.05, 0) is 36.2 Å². The lowest BCUT2D eigenvalue weighted by Gasteiger charge is -2.26. The van der Waals surface area contributed by atoms with Crippen LogP contribution in [-0.4, -0.2) is 44.2 Å². The quantitative estimate of drug-likeness (QED) is 0.568. The number of aryl methyl sites for hydroxylation is 1. The average Bonchev–Trinajstić information content (AvgIpc) is 2.79. The van der Waals surface area contributed by atoms with Gasteiger partial charge < -0.3 is 19.2 Å². The largest absolute Gasteiger partial charge is 0.495 e. The minimum atomic E-state index is -0.546. The van der Waals surface area contributed by atoms with Crippen LogP contribution >= 0.6 is 11.6 Å². The van der Waals surface area contributed by atoms with Gasteiger partial charge in [0, 0.05) is 36.8 Å². The van der Waals surface area contributed by atoms with E-state index in [0.717, 1.165) is 32.8 Å². The van der Waals surface area contributed by atoms with Crippen molar-refractivity contribution in [2.75, 3.05) is 38.7 Å². The second-order valence-corrected chi connectivity index (χ2v) is 8.19. The number of halogens is 1. The van der Waals surface area contributed by atoms with Gasteiger partial charge in [-0.25, -0.2) is 4.79 Å². The minimum Gasteiger partial charge on any atom is -0.495 e. The van der Waals surface area contributed by atoms with Crippen LogP contribution in [-0.2, 0) is 22.5 Å². The fraction of sp³-hybridized carbons (Fsp3) is 0.333. The third-order valence-corrected chi connectivity index (χ3v) is 5.94. The molecule has 1 aliphatic heterocycles. The Morgan fingerprint density at radius 2 is 1.91 bits per heavy atom. The molecule has 0 aliphatic carbocycles. The van der Waals surface area contributed by atoms with Crippen LogP contribution in [0.25, 0.3) is 11.0 Å². The second-order valence-electron chi connectivity index (χ2n) is 7.79. The molecule has 1 N–H and O–H groups in total. The third-order valence-electron chi connectivity index (χ3n) is 5.64. The maximum absolute atomic E-state index is 12.6. The molecule has 0 radical (unpaired) electrons. The number of carbonyl (C=O) groups is 1. The van der Waals surface area contributed by atoms with Gasteiger partial charge in [-0.1, -0.05) is 23.7 Å². The van der Waals surface area contributed by atoms with Crippen molar-refractivity contribution in [1.29, 1.82) is 0 Å². The van der Waals surface area contributed by atoms with Crippen LogP contribution in [0.2, 0.25) is 5.02 Å². The molecule has 2 aromatic carbocycles. The lowest BCUT2D eigenvalue weighted by atomic mass is 10.0. The average molecular weight is 457 g/mol. The van der Waals surface area contributed by atoms with Gasteiger partial charge in [-0.3, -0.25) is 9.69 Å². The molecule has 1 amide bonds. The van der Waals surface area contributed by atoms with Crippen molar-refractivity contribution < 1.29 is 18.7 Å². The Hall–Kier alpha value is -2.87. The molecule has 1 saturated heterocycles. The van der Waals surface area contributed by atoms with Gasteiger partial charge in [-0.15, -0.1) is 0 Å². The topological polar surface area (TPSA) is 81.0 Å². The van der Waals surface area contributed by atoms with Gasteiger partial charge in [0.25, 0.3) is 0 Å². The first-order valence-corrected chi connectivity index (χ1v) is 10.8. The zero-order valence-electron chi connectivity index (χ0n) is 18.1. The summed E-state index contributed by atoms with van der Waals surface area (Å²) in [4.78, 5) is 27.5. The molecule has 3 aromatic rings. The van der Waals surface area contributed by atoms with E-state index in [9.17, 15) is 9.59 Å². The number of hydrogen-bond acceptors (Lipinski definition) is 6. The number of ether oxygens (including phenoxy) is 2. The number of rotatable bonds is 6. The number of hydrogen-bond donors (Lipinski definition) is 1. The maximum atomic E-state index is 12.6. The van der Waals surface area contributed by atoms with Crippen molar-refractivity contribution >= 4 is 34.2 Å². The Bertz CT molecular complexity index is 1180. The molecule has 1 aliphatic rings. The van der Waals surface area contributed by atoms with Crippen LogP contribution in [0.3, 0.4) is 0 Å². The summed E-state index contributed by atoms with van der Waals surface area (Å²) in [7, 11) is 1.49. The number of nitrogens with zero attached hydrogens (tertiary/aromatic N) is 1. The molecule has 0 saturated carbocycles. The van der Waals surface area contributed by atoms with Crippen molar-refractivity contribution in [2.24, 2.45) is 0 Å². The SMILES string of the molecule is COc1cc2oc(=O)c(CC(=O)Nc3ccc(CN4CCOCC4)cc3)c(C)c2cc1Cl. The summed E-state index contributed by atoms with van der Waals surface area (Å²) in [5.74, 6) is 0.129. The maximum Gasteiger partial charge on any atom is 0.340 e. The highest BCUT2D eigenvalue weighted by Crippen LogP contribution is 2.31. The zero-order valence-corrected chi connectivity index (χ0v) is 18.8. The lowest BCUT2D eigenvalue weighted by molar-refractivity contribution is -0.115. The summed E-state index contributed by atoms with van der Waals surface area (Å²) in [5, 5.41) is 3.93. The highest BCUT2D eigenvalue weighted by atomic mass is 35.5. The van der Waals surface area contributed by atoms with Gasteiger partial charge in [0.1, 0.15) is 11.3 Å². The molecular formula is C24H25ClN2O5. The molecule has 1 fully saturated rings. The first kappa shape index (κ1) is 22.3. The molecule has 0 bridgehead atoms. The molecule has 168 valence electrons. The van der Waals surface area contributed by atoms with E-state index in [0.29, 0.717) is 38.6 Å². The van der Waals surface area contributed by atoms with Gasteiger partial charge in [0.05, 0.1) is 37.3 Å². The van der Waals surface area contributed by atoms with E-state index in [1.54, 1.807) is 19.1 Å². The lowest BCUT2D eigenvalue weighted by Crippen LogP contribution is -2.35. The Morgan fingerprint density at radius 3 is 2.59 bits per heavy atom. The Balaban J connectivity index is 1.46. The molecule has 0 spiro atoms. The molecule has 7 nitrogen and oxygen atoms in total. The summed E-state index contributed by atoms with van der Waals surface area (Å²) < 4.78 is 16.0. The molecule has 2 heterocycles. The number of morpholine rings is 1. The number of anilines is 1. The Morgan fingerprint density at radius 1 is 1.19 bits per heavy atom. The van der Waals surface area contributed by atoms with E-state index < -0.39 is 5.63 Å². The summed E-state index contributed by atoms with van der Waals surface area (Å²) >= 11 is 6.22. The van der Waals surface area contributed by atoms with Gasteiger partial charge in [0.2, 0.25) is 5.91 Å². The predicted molar refractivity (Wildman–Crippen MR) is 124 cm³/mol. The van der Waals surface area contributed by atoms with E-state index in [1.807, 2.05) is 24.3 Å². The minimum absolute atomic E-state index is 0.0940. The number of fused-ring (bicyclic) bond motifs is 1. The van der Waals surface area contributed by atoms with Crippen molar-refractivity contribution in [2.45, 2.75) is 19.9 Å². The van der Waals surface area contributed by atoms with E-state index >= 15 is 0 Å². The van der Waals surface area contributed by atoms with Crippen LogP contribution in [0.4, 0.5) is 5.69 Å². The molecule has 32 heavy (non-hydrogen) atoms.